The maximum absolute atomic E-state index is 12.9. The fraction of sp³-hybridized carbons (Fsp3) is 0.500. The van der Waals surface area contributed by atoms with Crippen molar-refractivity contribution in [1.82, 2.24) is 14.1 Å². The van der Waals surface area contributed by atoms with E-state index in [4.69, 9.17) is 4.74 Å². The van der Waals surface area contributed by atoms with E-state index < -0.39 is 10.0 Å². The second-order valence-electron chi connectivity index (χ2n) is 7.19. The number of rotatable bonds is 4. The molecule has 136 valence electrons. The molecular weight excluding hydrogens is 338 g/mol. The molecule has 0 N–H and O–H groups in total. The summed E-state index contributed by atoms with van der Waals surface area (Å²) in [6, 6.07) is 6.61. The van der Waals surface area contributed by atoms with E-state index in [0.29, 0.717) is 36.8 Å². The van der Waals surface area contributed by atoms with E-state index in [1.54, 1.807) is 30.5 Å². The summed E-state index contributed by atoms with van der Waals surface area (Å²) in [6.45, 7) is 9.58. The van der Waals surface area contributed by atoms with Crippen LogP contribution >= 0.6 is 0 Å². The van der Waals surface area contributed by atoms with Gasteiger partial charge >= 0.3 is 0 Å². The molecule has 2 aromatic rings. The number of fused-ring (bicyclic) bond motifs is 1. The van der Waals surface area contributed by atoms with Crippen LogP contribution in [0.2, 0.25) is 0 Å². The molecule has 0 atom stereocenters. The van der Waals surface area contributed by atoms with Crippen molar-refractivity contribution in [2.75, 3.05) is 13.2 Å². The van der Waals surface area contributed by atoms with Crippen LogP contribution in [0.1, 0.15) is 39.0 Å². The Morgan fingerprint density at radius 1 is 1.20 bits per heavy atom. The molecule has 0 saturated carbocycles. The fourth-order valence-corrected chi connectivity index (χ4v) is 4.53. The lowest BCUT2D eigenvalue weighted by atomic mass is 10.1. The minimum atomic E-state index is -3.52. The highest BCUT2D eigenvalue weighted by molar-refractivity contribution is 7.89. The topological polar surface area (TPSA) is 64.4 Å². The van der Waals surface area contributed by atoms with Gasteiger partial charge in [-0.15, -0.1) is 0 Å². The smallest absolute Gasteiger partial charge is 0.243 e. The SMILES string of the molecule is CCOc1ccc(S(=O)(=O)N2CCc3c(cnn3C(C)(C)C)C2)cc1. The normalized spacial score (nSPS) is 15.8. The summed E-state index contributed by atoms with van der Waals surface area (Å²) >= 11 is 0. The van der Waals surface area contributed by atoms with Crippen molar-refractivity contribution in [2.45, 2.75) is 51.1 Å². The molecular formula is C18H25N3O3S. The number of benzene rings is 1. The first-order valence-electron chi connectivity index (χ1n) is 8.52. The highest BCUT2D eigenvalue weighted by atomic mass is 32.2. The van der Waals surface area contributed by atoms with Crippen LogP contribution in [0.25, 0.3) is 0 Å². The quantitative estimate of drug-likeness (QED) is 0.838. The summed E-state index contributed by atoms with van der Waals surface area (Å²) in [6.07, 6.45) is 2.46. The van der Waals surface area contributed by atoms with Crippen LogP contribution in [0.3, 0.4) is 0 Å². The predicted molar refractivity (Wildman–Crippen MR) is 96.1 cm³/mol. The number of hydrogen-bond donors (Lipinski definition) is 0. The lowest BCUT2D eigenvalue weighted by Crippen LogP contribution is -2.37. The molecule has 6 nitrogen and oxygen atoms in total. The van der Waals surface area contributed by atoms with E-state index in [0.717, 1.165) is 11.3 Å². The summed E-state index contributed by atoms with van der Waals surface area (Å²) in [5, 5.41) is 4.47. The lowest BCUT2D eigenvalue weighted by molar-refractivity contribution is 0.325. The lowest BCUT2D eigenvalue weighted by Gasteiger charge is -2.29. The Kier molecular flexibility index (Phi) is 4.64. The first-order chi connectivity index (χ1) is 11.7. The second-order valence-corrected chi connectivity index (χ2v) is 9.13. The molecule has 1 aliphatic rings. The highest BCUT2D eigenvalue weighted by Crippen LogP contribution is 2.28. The predicted octanol–water partition coefficient (Wildman–Crippen LogP) is 2.78. The molecule has 3 rings (SSSR count). The van der Waals surface area contributed by atoms with Crippen molar-refractivity contribution in [3.05, 3.63) is 41.7 Å². The molecule has 0 aliphatic carbocycles. The van der Waals surface area contributed by atoms with Crippen LogP contribution in [0.5, 0.6) is 5.75 Å². The molecule has 25 heavy (non-hydrogen) atoms. The van der Waals surface area contributed by atoms with Gasteiger partial charge in [0.2, 0.25) is 10.0 Å². The minimum Gasteiger partial charge on any atom is -0.494 e. The average Bonchev–Trinajstić information content (AvgIpc) is 2.99. The van der Waals surface area contributed by atoms with Gasteiger partial charge in [-0.05, 0) is 52.0 Å². The van der Waals surface area contributed by atoms with E-state index in [-0.39, 0.29) is 5.54 Å². The Morgan fingerprint density at radius 2 is 1.88 bits per heavy atom. The number of nitrogens with zero attached hydrogens (tertiary/aromatic N) is 3. The first kappa shape index (κ1) is 17.9. The molecule has 0 amide bonds. The maximum atomic E-state index is 12.9. The largest absolute Gasteiger partial charge is 0.494 e. The second kappa shape index (κ2) is 6.46. The van der Waals surface area contributed by atoms with Crippen molar-refractivity contribution < 1.29 is 13.2 Å². The van der Waals surface area contributed by atoms with Crippen LogP contribution in [-0.4, -0.2) is 35.7 Å². The Labute approximate surface area is 149 Å². The van der Waals surface area contributed by atoms with Crippen LogP contribution in [0, 0.1) is 0 Å². The Balaban J connectivity index is 1.84. The molecule has 1 aliphatic heterocycles. The summed E-state index contributed by atoms with van der Waals surface area (Å²) < 4.78 is 34.8. The summed E-state index contributed by atoms with van der Waals surface area (Å²) in [5.74, 6) is 0.675. The fourth-order valence-electron chi connectivity index (χ4n) is 3.11. The molecule has 0 spiro atoms. The summed E-state index contributed by atoms with van der Waals surface area (Å²) in [7, 11) is -3.52. The highest BCUT2D eigenvalue weighted by Gasteiger charge is 2.32. The molecule has 0 bridgehead atoms. The van der Waals surface area contributed by atoms with Crippen molar-refractivity contribution in [3.63, 3.8) is 0 Å². The molecule has 1 aromatic heterocycles. The molecule has 0 unspecified atom stereocenters. The number of sulfonamides is 1. The van der Waals surface area contributed by atoms with Crippen LogP contribution in [0.15, 0.2) is 35.4 Å². The monoisotopic (exact) mass is 363 g/mol. The summed E-state index contributed by atoms with van der Waals surface area (Å²) in [4.78, 5) is 0.294. The van der Waals surface area contributed by atoms with Crippen molar-refractivity contribution in [1.29, 1.82) is 0 Å². The molecule has 2 heterocycles. The zero-order chi connectivity index (χ0) is 18.2. The van der Waals surface area contributed by atoms with Crippen LogP contribution < -0.4 is 4.74 Å². The van der Waals surface area contributed by atoms with Gasteiger partial charge in [0.15, 0.2) is 0 Å². The molecule has 0 radical (unpaired) electrons. The van der Waals surface area contributed by atoms with Gasteiger partial charge in [0.05, 0.1) is 23.2 Å². The van der Waals surface area contributed by atoms with Gasteiger partial charge in [0.25, 0.3) is 0 Å². The Hall–Kier alpha value is -1.86. The standard InChI is InChI=1S/C18H25N3O3S/c1-5-24-15-6-8-16(9-7-15)25(22,23)20-11-10-17-14(13-20)12-19-21(17)18(2,3)4/h6-9,12H,5,10-11,13H2,1-4H3. The number of hydrogen-bond acceptors (Lipinski definition) is 4. The number of aromatic nitrogens is 2. The minimum absolute atomic E-state index is 0.107. The van der Waals surface area contributed by atoms with Crippen molar-refractivity contribution in [2.24, 2.45) is 0 Å². The molecule has 0 saturated heterocycles. The molecule has 7 heteroatoms. The summed E-state index contributed by atoms with van der Waals surface area (Å²) in [5.41, 5.74) is 2.00. The van der Waals surface area contributed by atoms with Crippen molar-refractivity contribution >= 4 is 10.0 Å². The van der Waals surface area contributed by atoms with Gasteiger partial charge in [-0.1, -0.05) is 0 Å². The van der Waals surface area contributed by atoms with Crippen LogP contribution in [-0.2, 0) is 28.5 Å². The third-order valence-electron chi connectivity index (χ3n) is 4.31. The van der Waals surface area contributed by atoms with E-state index in [9.17, 15) is 8.42 Å². The van der Waals surface area contributed by atoms with Gasteiger partial charge < -0.3 is 4.74 Å². The van der Waals surface area contributed by atoms with E-state index in [2.05, 4.69) is 25.9 Å². The average molecular weight is 363 g/mol. The Bertz CT molecular complexity index is 849. The Morgan fingerprint density at radius 3 is 2.48 bits per heavy atom. The third kappa shape index (κ3) is 3.43. The van der Waals surface area contributed by atoms with E-state index in [1.807, 2.05) is 11.6 Å². The third-order valence-corrected chi connectivity index (χ3v) is 6.17. The van der Waals surface area contributed by atoms with Gasteiger partial charge in [-0.3, -0.25) is 4.68 Å². The number of ether oxygens (including phenoxy) is 1. The van der Waals surface area contributed by atoms with Gasteiger partial charge in [-0.2, -0.15) is 9.40 Å². The zero-order valence-electron chi connectivity index (χ0n) is 15.2. The molecule has 1 aromatic carbocycles. The first-order valence-corrected chi connectivity index (χ1v) is 9.97. The van der Waals surface area contributed by atoms with Gasteiger partial charge in [0.1, 0.15) is 5.75 Å². The van der Waals surface area contributed by atoms with Gasteiger partial charge in [0, 0.05) is 30.8 Å². The van der Waals surface area contributed by atoms with Crippen LogP contribution in [0.4, 0.5) is 0 Å². The van der Waals surface area contributed by atoms with E-state index >= 15 is 0 Å². The zero-order valence-corrected chi connectivity index (χ0v) is 16.0. The van der Waals surface area contributed by atoms with E-state index in [1.165, 1.54) is 4.31 Å². The van der Waals surface area contributed by atoms with Crippen molar-refractivity contribution in [3.8, 4) is 5.75 Å². The van der Waals surface area contributed by atoms with Gasteiger partial charge in [-0.25, -0.2) is 8.42 Å². The maximum Gasteiger partial charge on any atom is 0.243 e. The molecule has 0 fully saturated rings.